The van der Waals surface area contributed by atoms with E-state index in [0.29, 0.717) is 0 Å². The van der Waals surface area contributed by atoms with Gasteiger partial charge in [0.05, 0.1) is 56.0 Å². The molecule has 0 aliphatic carbocycles. The Kier molecular flexibility index (Phi) is 6.39. The van der Waals surface area contributed by atoms with E-state index >= 15 is 0 Å². The van der Waals surface area contributed by atoms with Crippen molar-refractivity contribution in [2.45, 2.75) is 0 Å². The second-order valence-corrected chi connectivity index (χ2v) is 12.4. The average Bonchev–Trinajstić information content (AvgIpc) is 3.71. The molecule has 0 N–H and O–H groups in total. The molecule has 0 amide bonds. The Bertz CT molecular complexity index is 2800. The van der Waals surface area contributed by atoms with Gasteiger partial charge in [0.15, 0.2) is 0 Å². The highest BCUT2D eigenvalue weighted by Gasteiger charge is 2.20. The van der Waals surface area contributed by atoms with E-state index in [-0.39, 0.29) is 0 Å². The van der Waals surface area contributed by atoms with E-state index in [1.807, 2.05) is 48.7 Å². The van der Waals surface area contributed by atoms with E-state index in [9.17, 15) is 0 Å². The number of fused-ring (bicyclic) bond motifs is 6. The van der Waals surface area contributed by atoms with Crippen LogP contribution in [-0.4, -0.2) is 29.1 Å². The molecular weight excluding hydrogens is 613 g/mol. The first-order valence-corrected chi connectivity index (χ1v) is 16.6. The molecule has 6 heteroatoms. The predicted octanol–water partition coefficient (Wildman–Crippen LogP) is 10.5. The minimum absolute atomic E-state index is 0.777. The van der Waals surface area contributed by atoms with E-state index in [1.54, 1.807) is 12.4 Å². The number of nitrogens with zero attached hydrogens (tertiary/aromatic N) is 6. The second-order valence-electron chi connectivity index (χ2n) is 12.4. The van der Waals surface area contributed by atoms with Crippen molar-refractivity contribution in [1.29, 1.82) is 0 Å². The summed E-state index contributed by atoms with van der Waals surface area (Å²) >= 11 is 0. The first kappa shape index (κ1) is 28.1. The molecule has 0 radical (unpaired) electrons. The molecular formula is C44H28N6. The lowest BCUT2D eigenvalue weighted by atomic mass is 10.0. The van der Waals surface area contributed by atoms with Crippen LogP contribution in [0.25, 0.3) is 89.0 Å². The predicted molar refractivity (Wildman–Crippen MR) is 203 cm³/mol. The van der Waals surface area contributed by atoms with Crippen LogP contribution in [0.2, 0.25) is 0 Å². The molecule has 6 nitrogen and oxygen atoms in total. The molecule has 234 valence electrons. The molecule has 10 aromatic rings. The largest absolute Gasteiger partial charge is 0.309 e. The van der Waals surface area contributed by atoms with Gasteiger partial charge in [-0.05, 0) is 84.4 Å². The van der Waals surface area contributed by atoms with Gasteiger partial charge in [-0.25, -0.2) is 4.98 Å². The molecule has 0 saturated carbocycles. The Morgan fingerprint density at radius 1 is 0.380 bits per heavy atom. The third kappa shape index (κ3) is 4.43. The van der Waals surface area contributed by atoms with E-state index in [1.165, 1.54) is 27.4 Å². The third-order valence-corrected chi connectivity index (χ3v) is 9.46. The molecule has 0 unspecified atom stereocenters. The van der Waals surface area contributed by atoms with Crippen molar-refractivity contribution in [3.8, 4) is 45.3 Å². The van der Waals surface area contributed by atoms with Crippen molar-refractivity contribution in [2.75, 3.05) is 0 Å². The summed E-state index contributed by atoms with van der Waals surface area (Å²) in [6, 6.07) is 52.8. The summed E-state index contributed by atoms with van der Waals surface area (Å²) in [7, 11) is 0. The maximum absolute atomic E-state index is 5.02. The lowest BCUT2D eigenvalue weighted by molar-refractivity contribution is 1.14. The first-order valence-electron chi connectivity index (χ1n) is 16.6. The SMILES string of the molecule is c1ccc(-n2c3ccccc3c3cccc(-c4ccc5c(c4)c4ncccc4n5-c4cc(-c5ccccn5)nc(-c5ccccn5)c4)c32)cc1. The van der Waals surface area contributed by atoms with Crippen LogP contribution in [-0.2, 0) is 0 Å². The van der Waals surface area contributed by atoms with Crippen molar-refractivity contribution in [2.24, 2.45) is 0 Å². The molecule has 50 heavy (non-hydrogen) atoms. The molecule has 0 saturated heterocycles. The minimum Gasteiger partial charge on any atom is -0.309 e. The van der Waals surface area contributed by atoms with Crippen molar-refractivity contribution in [3.63, 3.8) is 0 Å². The number of para-hydroxylation sites is 3. The normalized spacial score (nSPS) is 11.6. The van der Waals surface area contributed by atoms with Gasteiger partial charge in [-0.3, -0.25) is 15.0 Å². The first-order chi connectivity index (χ1) is 24.8. The summed E-state index contributed by atoms with van der Waals surface area (Å²) in [5, 5.41) is 3.54. The van der Waals surface area contributed by atoms with Crippen molar-refractivity contribution >= 4 is 43.7 Å². The van der Waals surface area contributed by atoms with Crippen LogP contribution in [0.4, 0.5) is 0 Å². The van der Waals surface area contributed by atoms with Gasteiger partial charge in [-0.1, -0.05) is 72.8 Å². The van der Waals surface area contributed by atoms with Crippen LogP contribution < -0.4 is 0 Å². The Hall–Kier alpha value is -6.92. The Morgan fingerprint density at radius 2 is 1.04 bits per heavy atom. The smallest absolute Gasteiger partial charge is 0.0963 e. The van der Waals surface area contributed by atoms with Gasteiger partial charge in [0.2, 0.25) is 0 Å². The van der Waals surface area contributed by atoms with Crippen LogP contribution >= 0.6 is 0 Å². The Balaban J connectivity index is 1.23. The molecule has 6 heterocycles. The number of hydrogen-bond donors (Lipinski definition) is 0. The van der Waals surface area contributed by atoms with Crippen LogP contribution in [0.3, 0.4) is 0 Å². The maximum Gasteiger partial charge on any atom is 0.0963 e. The standard InChI is InChI=1S/C44H28N6/c1-2-12-30(13-3-1)50-40-19-5-4-14-33(40)34-16-10-15-32(44(34)50)29-21-22-41-35(26-29)43-42(20-11-25-47-43)49(41)31-27-38(36-17-6-8-23-45-36)48-39(28-31)37-18-7-9-24-46-37/h1-28H. The summed E-state index contributed by atoms with van der Waals surface area (Å²) in [4.78, 5) is 19.2. The maximum atomic E-state index is 5.02. The summed E-state index contributed by atoms with van der Waals surface area (Å²) in [5.74, 6) is 0. The highest BCUT2D eigenvalue weighted by molar-refractivity contribution is 6.15. The van der Waals surface area contributed by atoms with Gasteiger partial charge in [0.25, 0.3) is 0 Å². The van der Waals surface area contributed by atoms with E-state index < -0.39 is 0 Å². The van der Waals surface area contributed by atoms with E-state index in [2.05, 4.69) is 128 Å². The van der Waals surface area contributed by atoms with E-state index in [0.717, 1.165) is 61.7 Å². The van der Waals surface area contributed by atoms with Crippen molar-refractivity contribution in [3.05, 3.63) is 170 Å². The molecule has 0 bridgehead atoms. The summed E-state index contributed by atoms with van der Waals surface area (Å²) in [6.45, 7) is 0. The number of pyridine rings is 4. The second kappa shape index (κ2) is 11.4. The average molecular weight is 641 g/mol. The summed E-state index contributed by atoms with van der Waals surface area (Å²) in [6.07, 6.45) is 5.47. The lowest BCUT2D eigenvalue weighted by Gasteiger charge is -2.13. The van der Waals surface area contributed by atoms with Crippen molar-refractivity contribution in [1.82, 2.24) is 29.1 Å². The highest BCUT2D eigenvalue weighted by atomic mass is 15.0. The van der Waals surface area contributed by atoms with Crippen LogP contribution in [0, 0.1) is 0 Å². The quantitative estimate of drug-likeness (QED) is 0.188. The Labute approximate surface area is 287 Å². The fourth-order valence-electron chi connectivity index (χ4n) is 7.31. The number of hydrogen-bond acceptors (Lipinski definition) is 4. The Morgan fingerprint density at radius 3 is 1.80 bits per heavy atom. The topological polar surface area (TPSA) is 61.4 Å². The number of benzene rings is 4. The van der Waals surface area contributed by atoms with Crippen LogP contribution in [0.5, 0.6) is 0 Å². The molecule has 0 atom stereocenters. The molecule has 0 spiro atoms. The highest BCUT2D eigenvalue weighted by Crippen LogP contribution is 2.40. The lowest BCUT2D eigenvalue weighted by Crippen LogP contribution is -1.99. The third-order valence-electron chi connectivity index (χ3n) is 9.46. The minimum atomic E-state index is 0.777. The monoisotopic (exact) mass is 640 g/mol. The summed E-state index contributed by atoms with van der Waals surface area (Å²) in [5.41, 5.74) is 12.9. The number of rotatable bonds is 5. The zero-order valence-corrected chi connectivity index (χ0v) is 26.8. The van der Waals surface area contributed by atoms with Gasteiger partial charge in [0, 0.05) is 46.0 Å². The zero-order chi connectivity index (χ0) is 33.0. The van der Waals surface area contributed by atoms with Gasteiger partial charge in [-0.15, -0.1) is 0 Å². The van der Waals surface area contributed by atoms with Crippen molar-refractivity contribution < 1.29 is 0 Å². The van der Waals surface area contributed by atoms with Crippen LogP contribution in [0.15, 0.2) is 170 Å². The molecule has 6 aromatic heterocycles. The van der Waals surface area contributed by atoms with Gasteiger partial charge in [-0.2, -0.15) is 0 Å². The van der Waals surface area contributed by atoms with Gasteiger partial charge < -0.3 is 9.13 Å². The van der Waals surface area contributed by atoms with Gasteiger partial charge in [0.1, 0.15) is 0 Å². The molecule has 4 aromatic carbocycles. The fourth-order valence-corrected chi connectivity index (χ4v) is 7.31. The van der Waals surface area contributed by atoms with Gasteiger partial charge >= 0.3 is 0 Å². The van der Waals surface area contributed by atoms with Crippen LogP contribution in [0.1, 0.15) is 0 Å². The molecule has 0 aliphatic rings. The molecule has 0 aliphatic heterocycles. The van der Waals surface area contributed by atoms with E-state index in [4.69, 9.17) is 9.97 Å². The molecule has 0 fully saturated rings. The summed E-state index contributed by atoms with van der Waals surface area (Å²) < 4.78 is 4.67. The number of aromatic nitrogens is 6. The molecule has 10 rings (SSSR count). The fraction of sp³-hybridized carbons (Fsp3) is 0. The zero-order valence-electron chi connectivity index (χ0n) is 26.8.